The van der Waals surface area contributed by atoms with Crippen molar-refractivity contribution in [2.75, 3.05) is 7.11 Å². The predicted octanol–water partition coefficient (Wildman–Crippen LogP) is 2.83. The lowest BCUT2D eigenvalue weighted by Crippen LogP contribution is -2.47. The van der Waals surface area contributed by atoms with Crippen LogP contribution in [-0.2, 0) is 4.74 Å². The fourth-order valence-corrected chi connectivity index (χ4v) is 2.73. The SMILES string of the molecule is COC1CC(Cl)C(Cl)C(Cl)C1Cl. The van der Waals surface area contributed by atoms with E-state index in [9.17, 15) is 0 Å². The van der Waals surface area contributed by atoms with E-state index < -0.39 is 0 Å². The first-order chi connectivity index (χ1) is 5.57. The maximum Gasteiger partial charge on any atom is 0.0776 e. The largest absolute Gasteiger partial charge is 0.380 e. The van der Waals surface area contributed by atoms with Gasteiger partial charge in [-0.15, -0.1) is 46.4 Å². The molecule has 0 aromatic carbocycles. The van der Waals surface area contributed by atoms with E-state index in [4.69, 9.17) is 51.1 Å². The van der Waals surface area contributed by atoms with Gasteiger partial charge in [-0.05, 0) is 6.42 Å². The molecular formula is C7H10Cl4O. The molecule has 5 unspecified atom stereocenters. The van der Waals surface area contributed by atoms with E-state index in [1.165, 1.54) is 0 Å². The Morgan fingerprint density at radius 1 is 1.00 bits per heavy atom. The average Bonchev–Trinajstić information content (AvgIpc) is 2.08. The normalized spacial score (nSPS) is 49.2. The molecule has 1 nitrogen and oxygen atoms in total. The van der Waals surface area contributed by atoms with Crippen LogP contribution in [0.4, 0.5) is 0 Å². The van der Waals surface area contributed by atoms with E-state index in [0.29, 0.717) is 6.42 Å². The first kappa shape index (κ1) is 11.2. The molecule has 0 spiro atoms. The molecule has 72 valence electrons. The van der Waals surface area contributed by atoms with Crippen LogP contribution < -0.4 is 0 Å². The van der Waals surface area contributed by atoms with Crippen molar-refractivity contribution < 1.29 is 4.74 Å². The second kappa shape index (κ2) is 4.56. The molecular weight excluding hydrogens is 242 g/mol. The molecule has 0 aromatic heterocycles. The van der Waals surface area contributed by atoms with Crippen LogP contribution in [0, 0.1) is 0 Å². The smallest absolute Gasteiger partial charge is 0.0776 e. The van der Waals surface area contributed by atoms with Crippen molar-refractivity contribution in [1.29, 1.82) is 0 Å². The van der Waals surface area contributed by atoms with Crippen molar-refractivity contribution in [3.05, 3.63) is 0 Å². The van der Waals surface area contributed by atoms with Gasteiger partial charge in [-0.2, -0.15) is 0 Å². The molecule has 0 bridgehead atoms. The molecule has 0 N–H and O–H groups in total. The summed E-state index contributed by atoms with van der Waals surface area (Å²) in [4.78, 5) is 0. The standard InChI is InChI=1S/C7H10Cl4O/c1-12-4-2-3(8)5(9)7(11)6(4)10/h3-7H,2H2,1H3. The maximum atomic E-state index is 5.99. The van der Waals surface area contributed by atoms with E-state index in [-0.39, 0.29) is 27.6 Å². The van der Waals surface area contributed by atoms with E-state index in [2.05, 4.69) is 0 Å². The third-order valence-corrected chi connectivity index (χ3v) is 4.58. The lowest BCUT2D eigenvalue weighted by Gasteiger charge is -2.36. The Labute approximate surface area is 92.2 Å². The van der Waals surface area contributed by atoms with Crippen molar-refractivity contribution in [1.82, 2.24) is 0 Å². The molecule has 12 heavy (non-hydrogen) atoms. The van der Waals surface area contributed by atoms with Gasteiger partial charge in [0.05, 0.1) is 27.6 Å². The average molecular weight is 252 g/mol. The molecule has 5 heteroatoms. The predicted molar refractivity (Wildman–Crippen MR) is 54.0 cm³/mol. The zero-order valence-corrected chi connectivity index (χ0v) is 9.54. The number of rotatable bonds is 1. The van der Waals surface area contributed by atoms with Gasteiger partial charge in [0.1, 0.15) is 0 Å². The number of hydrogen-bond donors (Lipinski definition) is 0. The second-order valence-corrected chi connectivity index (χ2v) is 4.93. The first-order valence-electron chi connectivity index (χ1n) is 3.67. The summed E-state index contributed by atoms with van der Waals surface area (Å²) < 4.78 is 5.13. The van der Waals surface area contributed by atoms with Gasteiger partial charge in [-0.3, -0.25) is 0 Å². The molecule has 0 aliphatic heterocycles. The van der Waals surface area contributed by atoms with E-state index in [0.717, 1.165) is 0 Å². The molecule has 0 heterocycles. The van der Waals surface area contributed by atoms with Crippen molar-refractivity contribution >= 4 is 46.4 Å². The van der Waals surface area contributed by atoms with E-state index >= 15 is 0 Å². The Bertz CT molecular complexity index is 150. The van der Waals surface area contributed by atoms with Crippen molar-refractivity contribution in [2.45, 2.75) is 34.0 Å². The van der Waals surface area contributed by atoms with Crippen LogP contribution in [0.1, 0.15) is 6.42 Å². The third kappa shape index (κ3) is 2.13. The molecule has 1 aliphatic rings. The van der Waals surface area contributed by atoms with Gasteiger partial charge in [0.25, 0.3) is 0 Å². The molecule has 0 aromatic rings. The van der Waals surface area contributed by atoms with E-state index in [1.54, 1.807) is 7.11 Å². The summed E-state index contributed by atoms with van der Waals surface area (Å²) in [6.45, 7) is 0. The van der Waals surface area contributed by atoms with Gasteiger partial charge >= 0.3 is 0 Å². The highest BCUT2D eigenvalue weighted by atomic mass is 35.5. The monoisotopic (exact) mass is 250 g/mol. The molecule has 0 amide bonds. The Balaban J connectivity index is 2.63. The molecule has 0 saturated heterocycles. The summed E-state index contributed by atoms with van der Waals surface area (Å²) in [7, 11) is 1.60. The quantitative estimate of drug-likeness (QED) is 0.652. The van der Waals surface area contributed by atoms with Crippen molar-refractivity contribution in [3.63, 3.8) is 0 Å². The third-order valence-electron chi connectivity index (χ3n) is 2.07. The number of methoxy groups -OCH3 is 1. The molecule has 1 saturated carbocycles. The number of hydrogen-bond acceptors (Lipinski definition) is 1. The molecule has 1 fully saturated rings. The van der Waals surface area contributed by atoms with Crippen LogP contribution >= 0.6 is 46.4 Å². The molecule has 5 atom stereocenters. The van der Waals surface area contributed by atoms with Crippen LogP contribution in [0.5, 0.6) is 0 Å². The van der Waals surface area contributed by atoms with Gasteiger partial charge in [0.2, 0.25) is 0 Å². The van der Waals surface area contributed by atoms with Gasteiger partial charge in [0.15, 0.2) is 0 Å². The Morgan fingerprint density at radius 2 is 1.58 bits per heavy atom. The van der Waals surface area contributed by atoms with Crippen LogP contribution in [0.15, 0.2) is 0 Å². The highest BCUT2D eigenvalue weighted by Gasteiger charge is 2.41. The summed E-state index contributed by atoms with van der Waals surface area (Å²) in [6.07, 6.45) is 0.565. The summed E-state index contributed by atoms with van der Waals surface area (Å²) in [5.41, 5.74) is 0. The lowest BCUT2D eigenvalue weighted by molar-refractivity contribution is 0.0778. The lowest BCUT2D eigenvalue weighted by atomic mass is 9.95. The number of halogens is 4. The molecule has 1 aliphatic carbocycles. The van der Waals surface area contributed by atoms with Crippen LogP contribution in [0.2, 0.25) is 0 Å². The molecule has 1 rings (SSSR count). The van der Waals surface area contributed by atoms with E-state index in [1.807, 2.05) is 0 Å². The Morgan fingerprint density at radius 3 is 2.08 bits per heavy atom. The maximum absolute atomic E-state index is 5.99. The van der Waals surface area contributed by atoms with Crippen molar-refractivity contribution in [2.24, 2.45) is 0 Å². The Kier molecular flexibility index (Phi) is 4.26. The van der Waals surface area contributed by atoms with Crippen LogP contribution in [-0.4, -0.2) is 34.7 Å². The highest BCUT2D eigenvalue weighted by molar-refractivity contribution is 6.38. The second-order valence-electron chi connectivity index (χ2n) is 2.86. The first-order valence-corrected chi connectivity index (χ1v) is 5.41. The highest BCUT2D eigenvalue weighted by Crippen LogP contribution is 2.35. The summed E-state index contributed by atoms with van der Waals surface area (Å²) >= 11 is 23.8. The van der Waals surface area contributed by atoms with Gasteiger partial charge in [-0.25, -0.2) is 0 Å². The fraction of sp³-hybridized carbons (Fsp3) is 1.00. The minimum absolute atomic E-state index is 0.0910. The zero-order valence-electron chi connectivity index (χ0n) is 6.51. The van der Waals surface area contributed by atoms with Crippen LogP contribution in [0.25, 0.3) is 0 Å². The minimum atomic E-state index is -0.325. The topological polar surface area (TPSA) is 9.23 Å². The summed E-state index contributed by atoms with van der Waals surface area (Å²) in [6, 6.07) is 0. The molecule has 0 radical (unpaired) electrons. The van der Waals surface area contributed by atoms with Crippen LogP contribution in [0.3, 0.4) is 0 Å². The number of alkyl halides is 4. The zero-order chi connectivity index (χ0) is 9.30. The van der Waals surface area contributed by atoms with Gasteiger partial charge in [-0.1, -0.05) is 0 Å². The summed E-state index contributed by atoms with van der Waals surface area (Å²) in [5.74, 6) is 0. The van der Waals surface area contributed by atoms with Gasteiger partial charge < -0.3 is 4.74 Å². The van der Waals surface area contributed by atoms with Crippen molar-refractivity contribution in [3.8, 4) is 0 Å². The fourth-order valence-electron chi connectivity index (χ4n) is 1.29. The number of ether oxygens (including phenoxy) is 1. The van der Waals surface area contributed by atoms with Gasteiger partial charge in [0, 0.05) is 7.11 Å². The summed E-state index contributed by atoms with van der Waals surface area (Å²) in [5, 5.41) is -1.01. The Hall–Kier alpha value is 1.12. The minimum Gasteiger partial charge on any atom is -0.380 e.